The zero-order valence-electron chi connectivity index (χ0n) is 11.9. The van der Waals surface area contributed by atoms with E-state index in [1.54, 1.807) is 0 Å². The highest BCUT2D eigenvalue weighted by Gasteiger charge is 2.17. The van der Waals surface area contributed by atoms with Gasteiger partial charge in [0.1, 0.15) is 0 Å². The molecule has 0 bridgehead atoms. The summed E-state index contributed by atoms with van der Waals surface area (Å²) < 4.78 is 0. The normalized spacial score (nSPS) is 17.8. The second kappa shape index (κ2) is 7.88. The van der Waals surface area contributed by atoms with Gasteiger partial charge in [0.2, 0.25) is 0 Å². The van der Waals surface area contributed by atoms with E-state index in [2.05, 4.69) is 29.3 Å². The molecular formula is C16H25ClN2. The highest BCUT2D eigenvalue weighted by molar-refractivity contribution is 6.31. The van der Waals surface area contributed by atoms with E-state index >= 15 is 0 Å². The van der Waals surface area contributed by atoms with Gasteiger partial charge in [-0.05, 0) is 63.5 Å². The zero-order chi connectivity index (χ0) is 13.5. The molecule has 1 N–H and O–H groups in total. The third-order valence-electron chi connectivity index (χ3n) is 3.85. The maximum Gasteiger partial charge on any atom is 0.0453 e. The SMILES string of the molecule is CCCNC(CCN1CCCC1)c1ccccc1Cl. The van der Waals surface area contributed by atoms with E-state index in [0.29, 0.717) is 6.04 Å². The Balaban J connectivity index is 1.96. The number of likely N-dealkylation sites (tertiary alicyclic amines) is 1. The lowest BCUT2D eigenvalue weighted by atomic mass is 10.0. The molecule has 2 nitrogen and oxygen atoms in total. The van der Waals surface area contributed by atoms with Crippen molar-refractivity contribution in [3.63, 3.8) is 0 Å². The fraction of sp³-hybridized carbons (Fsp3) is 0.625. The van der Waals surface area contributed by atoms with Crippen LogP contribution in [-0.4, -0.2) is 31.1 Å². The van der Waals surface area contributed by atoms with Gasteiger partial charge in [-0.2, -0.15) is 0 Å². The first-order valence-electron chi connectivity index (χ1n) is 7.51. The molecule has 2 rings (SSSR count). The molecule has 1 heterocycles. The van der Waals surface area contributed by atoms with Gasteiger partial charge in [-0.3, -0.25) is 0 Å². The number of rotatable bonds is 7. The molecule has 1 unspecified atom stereocenters. The summed E-state index contributed by atoms with van der Waals surface area (Å²) in [7, 11) is 0. The number of halogens is 1. The van der Waals surface area contributed by atoms with Crippen molar-refractivity contribution >= 4 is 11.6 Å². The second-order valence-corrected chi connectivity index (χ2v) is 5.77. The van der Waals surface area contributed by atoms with Gasteiger partial charge >= 0.3 is 0 Å². The maximum atomic E-state index is 6.34. The van der Waals surface area contributed by atoms with E-state index < -0.39 is 0 Å². The van der Waals surface area contributed by atoms with E-state index in [9.17, 15) is 0 Å². The molecule has 0 saturated carbocycles. The van der Waals surface area contributed by atoms with Gasteiger partial charge in [0.05, 0.1) is 0 Å². The number of nitrogens with zero attached hydrogens (tertiary/aromatic N) is 1. The van der Waals surface area contributed by atoms with Crippen molar-refractivity contribution in [1.82, 2.24) is 10.2 Å². The van der Waals surface area contributed by atoms with Gasteiger partial charge in [-0.15, -0.1) is 0 Å². The first kappa shape index (κ1) is 14.8. The molecule has 1 aromatic rings. The first-order chi connectivity index (χ1) is 9.31. The Morgan fingerprint density at radius 1 is 1.26 bits per heavy atom. The Morgan fingerprint density at radius 2 is 2.00 bits per heavy atom. The van der Waals surface area contributed by atoms with E-state index in [-0.39, 0.29) is 0 Å². The molecule has 106 valence electrons. The highest BCUT2D eigenvalue weighted by atomic mass is 35.5. The van der Waals surface area contributed by atoms with Crippen molar-refractivity contribution in [3.05, 3.63) is 34.9 Å². The van der Waals surface area contributed by atoms with Gasteiger partial charge in [0.15, 0.2) is 0 Å². The fourth-order valence-electron chi connectivity index (χ4n) is 2.76. The van der Waals surface area contributed by atoms with Crippen LogP contribution in [0, 0.1) is 0 Å². The number of hydrogen-bond donors (Lipinski definition) is 1. The van der Waals surface area contributed by atoms with Crippen molar-refractivity contribution in [3.8, 4) is 0 Å². The van der Waals surface area contributed by atoms with Crippen LogP contribution in [0.2, 0.25) is 5.02 Å². The molecule has 1 aromatic carbocycles. The minimum absolute atomic E-state index is 0.384. The molecule has 1 saturated heterocycles. The quantitative estimate of drug-likeness (QED) is 0.816. The van der Waals surface area contributed by atoms with Gasteiger partial charge < -0.3 is 10.2 Å². The lowest BCUT2D eigenvalue weighted by Crippen LogP contribution is -2.28. The molecule has 1 aliphatic heterocycles. The molecule has 0 radical (unpaired) electrons. The van der Waals surface area contributed by atoms with Crippen LogP contribution in [0.5, 0.6) is 0 Å². The summed E-state index contributed by atoms with van der Waals surface area (Å²) >= 11 is 6.34. The molecule has 1 fully saturated rings. The molecule has 1 atom stereocenters. The monoisotopic (exact) mass is 280 g/mol. The summed E-state index contributed by atoms with van der Waals surface area (Å²) in [4.78, 5) is 2.57. The van der Waals surface area contributed by atoms with E-state index in [4.69, 9.17) is 11.6 Å². The Labute approximate surface area is 122 Å². The summed E-state index contributed by atoms with van der Waals surface area (Å²) in [5.41, 5.74) is 1.25. The largest absolute Gasteiger partial charge is 0.310 e. The third kappa shape index (κ3) is 4.48. The van der Waals surface area contributed by atoms with Gasteiger partial charge in [-0.1, -0.05) is 36.7 Å². The molecule has 0 amide bonds. The maximum absolute atomic E-state index is 6.34. The summed E-state index contributed by atoms with van der Waals surface area (Å²) in [5.74, 6) is 0. The highest BCUT2D eigenvalue weighted by Crippen LogP contribution is 2.25. The zero-order valence-corrected chi connectivity index (χ0v) is 12.6. The lowest BCUT2D eigenvalue weighted by molar-refractivity contribution is 0.310. The van der Waals surface area contributed by atoms with Gasteiger partial charge in [-0.25, -0.2) is 0 Å². The second-order valence-electron chi connectivity index (χ2n) is 5.37. The Hall–Kier alpha value is -0.570. The summed E-state index contributed by atoms with van der Waals surface area (Å²) in [6.45, 7) is 6.96. The molecule has 0 aliphatic carbocycles. The Bertz CT molecular complexity index is 375. The van der Waals surface area contributed by atoms with Crippen LogP contribution < -0.4 is 5.32 Å². The van der Waals surface area contributed by atoms with Crippen LogP contribution >= 0.6 is 11.6 Å². The Morgan fingerprint density at radius 3 is 2.68 bits per heavy atom. The van der Waals surface area contributed by atoms with Gasteiger partial charge in [0.25, 0.3) is 0 Å². The lowest BCUT2D eigenvalue weighted by Gasteiger charge is -2.23. The fourth-order valence-corrected chi connectivity index (χ4v) is 3.03. The summed E-state index contributed by atoms with van der Waals surface area (Å²) in [6, 6.07) is 8.61. The van der Waals surface area contributed by atoms with Crippen molar-refractivity contribution in [2.45, 2.75) is 38.6 Å². The van der Waals surface area contributed by atoms with Crippen LogP contribution in [0.1, 0.15) is 44.2 Å². The van der Waals surface area contributed by atoms with E-state index in [0.717, 1.165) is 24.4 Å². The topological polar surface area (TPSA) is 15.3 Å². The van der Waals surface area contributed by atoms with E-state index in [1.807, 2.05) is 12.1 Å². The van der Waals surface area contributed by atoms with Crippen LogP contribution in [0.3, 0.4) is 0 Å². The summed E-state index contributed by atoms with van der Waals surface area (Å²) in [5, 5.41) is 4.53. The van der Waals surface area contributed by atoms with Crippen LogP contribution in [0.25, 0.3) is 0 Å². The standard InChI is InChI=1S/C16H25ClN2/c1-2-10-18-16(9-13-19-11-5-6-12-19)14-7-3-4-8-15(14)17/h3-4,7-8,16,18H,2,5-6,9-13H2,1H3. The number of nitrogens with one attached hydrogen (secondary N) is 1. The third-order valence-corrected chi connectivity index (χ3v) is 4.20. The predicted molar refractivity (Wildman–Crippen MR) is 82.8 cm³/mol. The van der Waals surface area contributed by atoms with Crippen LogP contribution in [0.15, 0.2) is 24.3 Å². The van der Waals surface area contributed by atoms with Crippen LogP contribution in [-0.2, 0) is 0 Å². The molecule has 1 aliphatic rings. The number of hydrogen-bond acceptors (Lipinski definition) is 2. The first-order valence-corrected chi connectivity index (χ1v) is 7.89. The Kier molecular flexibility index (Phi) is 6.15. The minimum Gasteiger partial charge on any atom is -0.310 e. The average Bonchev–Trinajstić information content (AvgIpc) is 2.93. The van der Waals surface area contributed by atoms with Gasteiger partial charge in [0, 0.05) is 11.1 Å². The van der Waals surface area contributed by atoms with Crippen molar-refractivity contribution < 1.29 is 0 Å². The minimum atomic E-state index is 0.384. The molecule has 0 aromatic heterocycles. The molecule has 0 spiro atoms. The molecule has 3 heteroatoms. The van der Waals surface area contributed by atoms with Crippen molar-refractivity contribution in [1.29, 1.82) is 0 Å². The predicted octanol–water partition coefficient (Wildman–Crippen LogP) is 3.87. The van der Waals surface area contributed by atoms with Crippen LogP contribution in [0.4, 0.5) is 0 Å². The molecular weight excluding hydrogens is 256 g/mol. The summed E-state index contributed by atoms with van der Waals surface area (Å²) in [6.07, 6.45) is 5.02. The van der Waals surface area contributed by atoms with Crippen molar-refractivity contribution in [2.75, 3.05) is 26.2 Å². The molecule has 19 heavy (non-hydrogen) atoms. The van der Waals surface area contributed by atoms with E-state index in [1.165, 1.54) is 38.0 Å². The smallest absolute Gasteiger partial charge is 0.0453 e. The number of benzene rings is 1. The average molecular weight is 281 g/mol. The van der Waals surface area contributed by atoms with Crippen molar-refractivity contribution in [2.24, 2.45) is 0 Å².